The van der Waals surface area contributed by atoms with Crippen LogP contribution in [0, 0.1) is 5.92 Å². The number of imidazole rings is 1. The van der Waals surface area contributed by atoms with Crippen molar-refractivity contribution in [2.24, 2.45) is 5.92 Å². The standard InChI is InChI=1S/C18H24N4O3/c1-12(17(23)24)11-21(2)18(25)19-13-7-8-15-14(10-13)20-16-6-4-3-5-9-22(15)16/h7-8,10,12H,3-6,9,11H2,1-2H3,(H,19,25)(H,23,24). The number of nitrogens with one attached hydrogen (secondary N) is 1. The van der Waals surface area contributed by atoms with E-state index in [9.17, 15) is 9.59 Å². The van der Waals surface area contributed by atoms with Crippen molar-refractivity contribution in [3.8, 4) is 0 Å². The Kier molecular flexibility index (Phi) is 4.92. The zero-order valence-electron chi connectivity index (χ0n) is 14.7. The quantitative estimate of drug-likeness (QED) is 0.893. The Hall–Kier alpha value is -2.57. The topological polar surface area (TPSA) is 87.5 Å². The monoisotopic (exact) mass is 344 g/mol. The third-order valence-corrected chi connectivity index (χ3v) is 4.68. The second-order valence-corrected chi connectivity index (χ2v) is 6.74. The number of aliphatic carboxylic acids is 1. The average molecular weight is 344 g/mol. The molecule has 7 nitrogen and oxygen atoms in total. The Morgan fingerprint density at radius 1 is 1.36 bits per heavy atom. The molecule has 0 saturated heterocycles. The largest absolute Gasteiger partial charge is 0.481 e. The number of benzene rings is 1. The number of aromatic nitrogens is 2. The van der Waals surface area contributed by atoms with Crippen molar-refractivity contribution in [2.75, 3.05) is 18.9 Å². The van der Waals surface area contributed by atoms with E-state index in [0.717, 1.165) is 29.8 Å². The van der Waals surface area contributed by atoms with E-state index in [2.05, 4.69) is 9.88 Å². The third-order valence-electron chi connectivity index (χ3n) is 4.68. The van der Waals surface area contributed by atoms with Gasteiger partial charge in [-0.05, 0) is 31.0 Å². The average Bonchev–Trinajstić information content (AvgIpc) is 2.75. The second kappa shape index (κ2) is 7.13. The maximum atomic E-state index is 12.2. The molecule has 0 bridgehead atoms. The van der Waals surface area contributed by atoms with Gasteiger partial charge in [0.1, 0.15) is 5.82 Å². The van der Waals surface area contributed by atoms with Crippen LogP contribution in [0.5, 0.6) is 0 Å². The fourth-order valence-electron chi connectivity index (χ4n) is 3.22. The Morgan fingerprint density at radius 3 is 2.92 bits per heavy atom. The molecule has 0 aliphatic carbocycles. The summed E-state index contributed by atoms with van der Waals surface area (Å²) in [4.78, 5) is 29.3. The van der Waals surface area contributed by atoms with Crippen molar-refractivity contribution in [2.45, 2.75) is 39.2 Å². The van der Waals surface area contributed by atoms with Crippen LogP contribution in [0.4, 0.5) is 10.5 Å². The van der Waals surface area contributed by atoms with Crippen LogP contribution in [-0.2, 0) is 17.8 Å². The van der Waals surface area contributed by atoms with Gasteiger partial charge >= 0.3 is 12.0 Å². The van der Waals surface area contributed by atoms with Gasteiger partial charge in [-0.1, -0.05) is 13.3 Å². The van der Waals surface area contributed by atoms with Gasteiger partial charge in [-0.2, -0.15) is 0 Å². The summed E-state index contributed by atoms with van der Waals surface area (Å²) in [5, 5.41) is 11.8. The number of hydrogen-bond acceptors (Lipinski definition) is 3. The molecule has 1 aliphatic rings. The van der Waals surface area contributed by atoms with E-state index in [1.165, 1.54) is 24.2 Å². The first kappa shape index (κ1) is 17.3. The number of anilines is 1. The summed E-state index contributed by atoms with van der Waals surface area (Å²) in [6.07, 6.45) is 4.56. The van der Waals surface area contributed by atoms with Crippen molar-refractivity contribution < 1.29 is 14.7 Å². The lowest BCUT2D eigenvalue weighted by Crippen LogP contribution is -2.36. The highest BCUT2D eigenvalue weighted by Crippen LogP contribution is 2.24. The molecule has 25 heavy (non-hydrogen) atoms. The molecule has 134 valence electrons. The van der Waals surface area contributed by atoms with Crippen molar-refractivity contribution >= 4 is 28.7 Å². The Balaban J connectivity index is 1.74. The number of carbonyl (C=O) groups is 2. The molecule has 1 aliphatic heterocycles. The minimum atomic E-state index is -0.916. The summed E-state index contributed by atoms with van der Waals surface area (Å²) < 4.78 is 2.27. The van der Waals surface area contributed by atoms with Crippen LogP contribution in [0.25, 0.3) is 11.0 Å². The lowest BCUT2D eigenvalue weighted by Gasteiger charge is -2.20. The highest BCUT2D eigenvalue weighted by Gasteiger charge is 2.18. The van der Waals surface area contributed by atoms with Crippen molar-refractivity contribution in [1.29, 1.82) is 0 Å². The highest BCUT2D eigenvalue weighted by atomic mass is 16.4. The van der Waals surface area contributed by atoms with Gasteiger partial charge in [0.2, 0.25) is 0 Å². The lowest BCUT2D eigenvalue weighted by molar-refractivity contribution is -0.141. The van der Waals surface area contributed by atoms with Crippen LogP contribution in [-0.4, -0.2) is 45.2 Å². The predicted octanol–water partition coefficient (Wildman–Crippen LogP) is 2.95. The van der Waals surface area contributed by atoms with E-state index in [1.807, 2.05) is 18.2 Å². The number of hydrogen-bond donors (Lipinski definition) is 2. The van der Waals surface area contributed by atoms with E-state index in [4.69, 9.17) is 10.1 Å². The molecule has 2 N–H and O–H groups in total. The number of carboxylic acids is 1. The molecule has 3 rings (SSSR count). The number of rotatable bonds is 4. The molecular weight excluding hydrogens is 320 g/mol. The first-order valence-electron chi connectivity index (χ1n) is 8.70. The third kappa shape index (κ3) is 3.75. The van der Waals surface area contributed by atoms with E-state index in [-0.39, 0.29) is 12.6 Å². The summed E-state index contributed by atoms with van der Waals surface area (Å²) in [5.74, 6) is -0.411. The maximum Gasteiger partial charge on any atom is 0.321 e. The summed E-state index contributed by atoms with van der Waals surface area (Å²) in [7, 11) is 1.59. The predicted molar refractivity (Wildman–Crippen MR) is 95.7 cm³/mol. The maximum absolute atomic E-state index is 12.2. The summed E-state index contributed by atoms with van der Waals surface area (Å²) >= 11 is 0. The summed E-state index contributed by atoms with van der Waals surface area (Å²) in [5.41, 5.74) is 2.65. The number of urea groups is 1. The zero-order valence-corrected chi connectivity index (χ0v) is 14.7. The highest BCUT2D eigenvalue weighted by molar-refractivity contribution is 5.92. The van der Waals surface area contributed by atoms with Crippen molar-refractivity contribution in [3.63, 3.8) is 0 Å². The number of carbonyl (C=O) groups excluding carboxylic acids is 1. The molecule has 0 fully saturated rings. The Bertz CT molecular complexity index is 799. The number of nitrogens with zero attached hydrogens (tertiary/aromatic N) is 3. The van der Waals surface area contributed by atoms with E-state index in [0.29, 0.717) is 5.69 Å². The molecule has 1 atom stereocenters. The normalized spacial score (nSPS) is 15.3. The van der Waals surface area contributed by atoms with Gasteiger partial charge < -0.3 is 19.9 Å². The smallest absolute Gasteiger partial charge is 0.321 e. The summed E-state index contributed by atoms with van der Waals surface area (Å²) in [6.45, 7) is 2.73. The number of aryl methyl sites for hydroxylation is 2. The van der Waals surface area contributed by atoms with Gasteiger partial charge in [-0.15, -0.1) is 0 Å². The van der Waals surface area contributed by atoms with Crippen LogP contribution < -0.4 is 5.32 Å². The van der Waals surface area contributed by atoms with Gasteiger partial charge in [0.15, 0.2) is 0 Å². The van der Waals surface area contributed by atoms with Crippen LogP contribution in [0.15, 0.2) is 18.2 Å². The molecule has 1 aromatic carbocycles. The van der Waals surface area contributed by atoms with E-state index in [1.54, 1.807) is 14.0 Å². The first-order chi connectivity index (χ1) is 12.0. The van der Waals surface area contributed by atoms with E-state index < -0.39 is 11.9 Å². The second-order valence-electron chi connectivity index (χ2n) is 6.74. The Labute approximate surface area is 146 Å². The summed E-state index contributed by atoms with van der Waals surface area (Å²) in [6, 6.07) is 5.41. The SMILES string of the molecule is CC(CN(C)C(=O)Nc1ccc2c(c1)nc1n2CCCCC1)C(=O)O. The van der Waals surface area contributed by atoms with E-state index >= 15 is 0 Å². The molecule has 7 heteroatoms. The van der Waals surface area contributed by atoms with Crippen molar-refractivity contribution in [3.05, 3.63) is 24.0 Å². The zero-order chi connectivity index (χ0) is 18.0. The molecule has 2 amide bonds. The molecule has 2 heterocycles. The number of amides is 2. The van der Waals surface area contributed by atoms with Crippen molar-refractivity contribution in [1.82, 2.24) is 14.5 Å². The van der Waals surface area contributed by atoms with Gasteiger partial charge in [0.25, 0.3) is 0 Å². The molecule has 0 radical (unpaired) electrons. The molecule has 0 spiro atoms. The molecule has 2 aromatic rings. The van der Waals surface area contributed by atoms with Crippen LogP contribution in [0.3, 0.4) is 0 Å². The number of carboxylic acid groups (broad SMARTS) is 1. The fraction of sp³-hybridized carbons (Fsp3) is 0.500. The molecule has 1 unspecified atom stereocenters. The van der Waals surface area contributed by atoms with Gasteiger partial charge in [-0.25, -0.2) is 9.78 Å². The minimum Gasteiger partial charge on any atom is -0.481 e. The van der Waals surface area contributed by atoms with Crippen LogP contribution in [0.1, 0.15) is 32.0 Å². The Morgan fingerprint density at radius 2 is 2.16 bits per heavy atom. The lowest BCUT2D eigenvalue weighted by atomic mass is 10.2. The first-order valence-corrected chi connectivity index (χ1v) is 8.70. The van der Waals surface area contributed by atoms with Gasteiger partial charge in [-0.3, -0.25) is 4.79 Å². The van der Waals surface area contributed by atoms with Crippen LogP contribution in [0.2, 0.25) is 0 Å². The molecular formula is C18H24N4O3. The molecule has 0 saturated carbocycles. The van der Waals surface area contributed by atoms with Gasteiger partial charge in [0, 0.05) is 32.2 Å². The fourth-order valence-corrected chi connectivity index (χ4v) is 3.22. The molecule has 1 aromatic heterocycles. The minimum absolute atomic E-state index is 0.155. The van der Waals surface area contributed by atoms with Gasteiger partial charge in [0.05, 0.1) is 17.0 Å². The van der Waals surface area contributed by atoms with Crippen LogP contribution >= 0.6 is 0 Å². The number of fused-ring (bicyclic) bond motifs is 3.